The highest BCUT2D eigenvalue weighted by atomic mass is 16.5. The number of benzene rings is 1. The Bertz CT molecular complexity index is 446. The van der Waals surface area contributed by atoms with Crippen LogP contribution in [-0.4, -0.2) is 39.5 Å². The van der Waals surface area contributed by atoms with Crippen LogP contribution in [0.25, 0.3) is 0 Å². The number of aliphatic hydroxyl groups is 1. The molecule has 0 fully saturated rings. The fourth-order valence-corrected chi connectivity index (χ4v) is 1.88. The molecular formula is C14H20O6. The molecule has 0 aliphatic heterocycles. The zero-order valence-corrected chi connectivity index (χ0v) is 12.3. The summed E-state index contributed by atoms with van der Waals surface area (Å²) in [6, 6.07) is 3.21. The third-order valence-electron chi connectivity index (χ3n) is 3.08. The van der Waals surface area contributed by atoms with Gasteiger partial charge in [-0.3, -0.25) is 4.79 Å². The Morgan fingerprint density at radius 2 is 1.55 bits per heavy atom. The van der Waals surface area contributed by atoms with Crippen molar-refractivity contribution in [2.45, 2.75) is 13.0 Å². The van der Waals surface area contributed by atoms with Gasteiger partial charge in [0.1, 0.15) is 0 Å². The summed E-state index contributed by atoms with van der Waals surface area (Å²) in [5.41, 5.74) is 0.484. The Hall–Kier alpha value is -1.95. The smallest absolute Gasteiger partial charge is 0.311 e. The van der Waals surface area contributed by atoms with Crippen LogP contribution < -0.4 is 14.2 Å². The van der Waals surface area contributed by atoms with Gasteiger partial charge in [-0.25, -0.2) is 0 Å². The highest BCUT2D eigenvalue weighted by Crippen LogP contribution is 2.40. The van der Waals surface area contributed by atoms with E-state index in [4.69, 9.17) is 14.2 Å². The Kier molecular flexibility index (Phi) is 5.64. The number of aliphatic hydroxyl groups excluding tert-OH is 1. The van der Waals surface area contributed by atoms with Crippen LogP contribution in [0.15, 0.2) is 12.1 Å². The van der Waals surface area contributed by atoms with E-state index >= 15 is 0 Å². The van der Waals surface area contributed by atoms with Crippen molar-refractivity contribution in [1.29, 1.82) is 0 Å². The van der Waals surface area contributed by atoms with E-state index in [1.165, 1.54) is 28.4 Å². The second-order valence-electron chi connectivity index (χ2n) is 4.22. The fraction of sp³-hybridized carbons (Fsp3) is 0.500. The second-order valence-corrected chi connectivity index (χ2v) is 4.22. The summed E-state index contributed by atoms with van der Waals surface area (Å²) < 4.78 is 20.2. The third-order valence-corrected chi connectivity index (χ3v) is 3.08. The SMILES string of the molecule is COC(=O)C(C)C(O)c1cc(OC)c(OC)c(OC)c1. The summed E-state index contributed by atoms with van der Waals surface area (Å²) in [5.74, 6) is 0.0571. The van der Waals surface area contributed by atoms with Gasteiger partial charge in [-0.05, 0) is 24.6 Å². The number of ether oxygens (including phenoxy) is 4. The summed E-state index contributed by atoms with van der Waals surface area (Å²) >= 11 is 0. The second kappa shape index (κ2) is 7.00. The van der Waals surface area contributed by atoms with Crippen molar-refractivity contribution in [2.75, 3.05) is 28.4 Å². The van der Waals surface area contributed by atoms with Crippen molar-refractivity contribution in [3.63, 3.8) is 0 Å². The minimum Gasteiger partial charge on any atom is -0.493 e. The molecule has 0 saturated heterocycles. The van der Waals surface area contributed by atoms with Crippen molar-refractivity contribution in [3.05, 3.63) is 17.7 Å². The molecule has 0 radical (unpaired) electrons. The number of hydrogen-bond acceptors (Lipinski definition) is 6. The lowest BCUT2D eigenvalue weighted by Crippen LogP contribution is -2.20. The normalized spacial score (nSPS) is 13.3. The van der Waals surface area contributed by atoms with E-state index in [0.717, 1.165) is 0 Å². The molecule has 0 bridgehead atoms. The van der Waals surface area contributed by atoms with Gasteiger partial charge in [0, 0.05) is 0 Å². The number of rotatable bonds is 6. The third kappa shape index (κ3) is 3.14. The standard InChI is InChI=1S/C14H20O6/c1-8(14(16)20-5)12(15)9-6-10(17-2)13(19-4)11(7-9)18-3/h6-8,12,15H,1-5H3. The number of hydrogen-bond donors (Lipinski definition) is 1. The molecule has 6 nitrogen and oxygen atoms in total. The van der Waals surface area contributed by atoms with E-state index in [1.54, 1.807) is 19.1 Å². The molecular weight excluding hydrogens is 264 g/mol. The minimum absolute atomic E-state index is 0.415. The molecule has 0 saturated carbocycles. The van der Waals surface area contributed by atoms with Crippen LogP contribution in [0, 0.1) is 5.92 Å². The predicted molar refractivity (Wildman–Crippen MR) is 72.2 cm³/mol. The van der Waals surface area contributed by atoms with Crippen LogP contribution in [-0.2, 0) is 9.53 Å². The van der Waals surface area contributed by atoms with E-state index in [0.29, 0.717) is 22.8 Å². The van der Waals surface area contributed by atoms with Crippen molar-refractivity contribution < 1.29 is 28.8 Å². The van der Waals surface area contributed by atoms with E-state index in [1.807, 2.05) is 0 Å². The maximum absolute atomic E-state index is 11.5. The molecule has 0 aliphatic rings. The van der Waals surface area contributed by atoms with Gasteiger partial charge in [0.2, 0.25) is 5.75 Å². The first-order valence-corrected chi connectivity index (χ1v) is 6.05. The summed E-state index contributed by atoms with van der Waals surface area (Å²) in [6.07, 6.45) is -1.03. The van der Waals surface area contributed by atoms with Gasteiger partial charge in [0.25, 0.3) is 0 Å². The molecule has 1 aromatic carbocycles. The highest BCUT2D eigenvalue weighted by Gasteiger charge is 2.26. The van der Waals surface area contributed by atoms with Crippen LogP contribution in [0.2, 0.25) is 0 Å². The lowest BCUT2D eigenvalue weighted by Gasteiger charge is -2.20. The lowest BCUT2D eigenvalue weighted by atomic mass is 9.97. The first-order valence-electron chi connectivity index (χ1n) is 6.05. The molecule has 0 aromatic heterocycles. The predicted octanol–water partition coefficient (Wildman–Crippen LogP) is 1.55. The average molecular weight is 284 g/mol. The largest absolute Gasteiger partial charge is 0.493 e. The Labute approximate surface area is 118 Å². The Balaban J connectivity index is 3.22. The zero-order chi connectivity index (χ0) is 15.3. The van der Waals surface area contributed by atoms with Crippen LogP contribution in [0.4, 0.5) is 0 Å². The van der Waals surface area contributed by atoms with Gasteiger partial charge < -0.3 is 24.1 Å². The molecule has 20 heavy (non-hydrogen) atoms. The lowest BCUT2D eigenvalue weighted by molar-refractivity contribution is -0.148. The molecule has 0 amide bonds. The quantitative estimate of drug-likeness (QED) is 0.799. The molecule has 0 aliphatic carbocycles. The van der Waals surface area contributed by atoms with Crippen LogP contribution in [0.5, 0.6) is 17.2 Å². The number of esters is 1. The van der Waals surface area contributed by atoms with Crippen molar-refractivity contribution in [1.82, 2.24) is 0 Å². The van der Waals surface area contributed by atoms with Gasteiger partial charge in [0.15, 0.2) is 11.5 Å². The van der Waals surface area contributed by atoms with Gasteiger partial charge in [-0.1, -0.05) is 0 Å². The average Bonchev–Trinajstić information content (AvgIpc) is 2.50. The van der Waals surface area contributed by atoms with Crippen LogP contribution in [0.3, 0.4) is 0 Å². The van der Waals surface area contributed by atoms with Crippen LogP contribution in [0.1, 0.15) is 18.6 Å². The molecule has 0 heterocycles. The van der Waals surface area contributed by atoms with Crippen molar-refractivity contribution in [3.8, 4) is 17.2 Å². The number of carbonyl (C=O) groups excluding carboxylic acids is 1. The molecule has 2 unspecified atom stereocenters. The van der Waals surface area contributed by atoms with Crippen molar-refractivity contribution in [2.24, 2.45) is 5.92 Å². The molecule has 1 N–H and O–H groups in total. The molecule has 2 atom stereocenters. The monoisotopic (exact) mass is 284 g/mol. The maximum Gasteiger partial charge on any atom is 0.311 e. The van der Waals surface area contributed by atoms with E-state index in [-0.39, 0.29) is 0 Å². The van der Waals surface area contributed by atoms with Gasteiger partial charge in [0.05, 0.1) is 40.5 Å². The molecule has 6 heteroatoms. The first-order chi connectivity index (χ1) is 9.49. The summed E-state index contributed by atoms with van der Waals surface area (Å²) in [5, 5.41) is 10.2. The number of carbonyl (C=O) groups is 1. The minimum atomic E-state index is -1.03. The first kappa shape index (κ1) is 16.1. The van der Waals surface area contributed by atoms with Gasteiger partial charge in [-0.15, -0.1) is 0 Å². The summed E-state index contributed by atoms with van der Waals surface area (Å²) in [7, 11) is 5.74. The number of methoxy groups -OCH3 is 4. The molecule has 0 spiro atoms. The Morgan fingerprint density at radius 3 is 1.90 bits per heavy atom. The van der Waals surface area contributed by atoms with E-state index < -0.39 is 18.0 Å². The van der Waals surface area contributed by atoms with Crippen LogP contribution >= 0.6 is 0 Å². The van der Waals surface area contributed by atoms with E-state index in [2.05, 4.69) is 4.74 Å². The summed E-state index contributed by atoms with van der Waals surface area (Å²) in [4.78, 5) is 11.5. The molecule has 1 aromatic rings. The maximum atomic E-state index is 11.5. The van der Waals surface area contributed by atoms with Crippen molar-refractivity contribution >= 4 is 5.97 Å². The molecule has 112 valence electrons. The molecule has 1 rings (SSSR count). The Morgan fingerprint density at radius 1 is 1.05 bits per heavy atom. The summed E-state index contributed by atoms with van der Waals surface area (Å²) in [6.45, 7) is 1.58. The fourth-order valence-electron chi connectivity index (χ4n) is 1.88. The van der Waals surface area contributed by atoms with Gasteiger partial charge in [-0.2, -0.15) is 0 Å². The highest BCUT2D eigenvalue weighted by molar-refractivity contribution is 5.73. The zero-order valence-electron chi connectivity index (χ0n) is 12.3. The van der Waals surface area contributed by atoms with Gasteiger partial charge >= 0.3 is 5.97 Å². The van der Waals surface area contributed by atoms with E-state index in [9.17, 15) is 9.90 Å². The topological polar surface area (TPSA) is 74.2 Å².